The monoisotopic (exact) mass is 468 g/mol. The molecule has 2 rings (SSSR count). The molecule has 0 aliphatic heterocycles. The van der Waals surface area contributed by atoms with E-state index in [2.05, 4.69) is 67.7 Å². The zero-order valence-electron chi connectivity index (χ0n) is 22.0. The van der Waals surface area contributed by atoms with Gasteiger partial charge in [0.05, 0.1) is 0 Å². The van der Waals surface area contributed by atoms with Crippen LogP contribution in [-0.2, 0) is 17.3 Å². The topological polar surface area (TPSA) is 35.0 Å². The third kappa shape index (κ3) is 12.5. The Labute approximate surface area is 204 Å². The number of benzene rings is 1. The molecule has 1 atom stereocenters. The maximum atomic E-state index is 6.13. The molecule has 4 heteroatoms. The number of hydrogen-bond donors (Lipinski definition) is 0. The fraction of sp³-hybridized carbons (Fsp3) is 0.655. The minimum Gasteiger partial charge on any atom is -0.415 e. The average Bonchev–Trinajstić information content (AvgIpc) is 2.78. The molecule has 1 aromatic carbocycles. The summed E-state index contributed by atoms with van der Waals surface area (Å²) >= 11 is 0. The predicted molar refractivity (Wildman–Crippen MR) is 145 cm³/mol. The number of nitrogens with zero attached hydrogens (tertiary/aromatic N) is 2. The van der Waals surface area contributed by atoms with Gasteiger partial charge in [0.25, 0.3) is 0 Å². The molecule has 2 aromatic rings. The van der Waals surface area contributed by atoms with Crippen molar-refractivity contribution in [2.24, 2.45) is 0 Å². The van der Waals surface area contributed by atoms with Crippen LogP contribution in [0.2, 0.25) is 19.6 Å². The molecule has 1 heterocycles. The van der Waals surface area contributed by atoms with Gasteiger partial charge in [0, 0.05) is 24.1 Å². The van der Waals surface area contributed by atoms with Crippen molar-refractivity contribution in [2.45, 2.75) is 123 Å². The van der Waals surface area contributed by atoms with Crippen LogP contribution in [0.5, 0.6) is 0 Å². The quantitative estimate of drug-likeness (QED) is 0.172. The van der Waals surface area contributed by atoms with E-state index in [1.165, 1.54) is 75.3 Å². The van der Waals surface area contributed by atoms with Gasteiger partial charge in [0.2, 0.25) is 0 Å². The summed E-state index contributed by atoms with van der Waals surface area (Å²) in [4.78, 5) is 9.26. The highest BCUT2D eigenvalue weighted by Gasteiger charge is 2.17. The van der Waals surface area contributed by atoms with E-state index in [-0.39, 0.29) is 0 Å². The van der Waals surface area contributed by atoms with Crippen LogP contribution in [0.3, 0.4) is 0 Å². The van der Waals surface area contributed by atoms with E-state index >= 15 is 0 Å². The highest BCUT2D eigenvalue weighted by atomic mass is 28.4. The number of aromatic nitrogens is 2. The fourth-order valence-corrected chi connectivity index (χ4v) is 5.66. The molecule has 1 aromatic heterocycles. The summed E-state index contributed by atoms with van der Waals surface area (Å²) in [5.41, 5.74) is 3.76. The molecule has 0 fully saturated rings. The Balaban J connectivity index is 1.66. The average molecular weight is 469 g/mol. The predicted octanol–water partition coefficient (Wildman–Crippen LogP) is 8.78. The van der Waals surface area contributed by atoms with Gasteiger partial charge in [0.1, 0.15) is 0 Å². The van der Waals surface area contributed by atoms with Crippen LogP contribution in [0, 0.1) is 0 Å². The van der Waals surface area contributed by atoms with Crippen molar-refractivity contribution < 1.29 is 4.43 Å². The molecule has 0 aliphatic rings. The molecule has 0 radical (unpaired) electrons. The Morgan fingerprint density at radius 2 is 1.27 bits per heavy atom. The molecule has 33 heavy (non-hydrogen) atoms. The Bertz CT molecular complexity index is 753. The van der Waals surface area contributed by atoms with Crippen molar-refractivity contribution in [2.75, 3.05) is 0 Å². The standard InChI is InChI=1S/C29H48N2OSi/c1-6-7-8-9-10-11-12-13-17-26-19-21-28(22-20-26)29-30-23-27(24-31-29)18-15-14-16-25(2)32-33(3,4)5/h19-25H,6-18H2,1-5H3. The van der Waals surface area contributed by atoms with Crippen molar-refractivity contribution in [3.8, 4) is 11.4 Å². The van der Waals surface area contributed by atoms with Crippen LogP contribution in [0.25, 0.3) is 11.4 Å². The Hall–Kier alpha value is -1.52. The fourth-order valence-electron chi connectivity index (χ4n) is 4.34. The van der Waals surface area contributed by atoms with Gasteiger partial charge in [-0.1, -0.05) is 82.6 Å². The summed E-state index contributed by atoms with van der Waals surface area (Å²) in [5.74, 6) is 0.828. The highest BCUT2D eigenvalue weighted by molar-refractivity contribution is 6.69. The number of aryl methyl sites for hydroxylation is 2. The van der Waals surface area contributed by atoms with E-state index in [4.69, 9.17) is 4.43 Å². The van der Waals surface area contributed by atoms with E-state index < -0.39 is 8.32 Å². The van der Waals surface area contributed by atoms with Gasteiger partial charge in [0.15, 0.2) is 14.1 Å². The number of rotatable bonds is 17. The SMILES string of the molecule is CCCCCCCCCCc1ccc(-c2ncc(CCCCC(C)O[Si](C)(C)C)cn2)cc1. The van der Waals surface area contributed by atoms with Crippen LogP contribution in [0.1, 0.15) is 95.6 Å². The van der Waals surface area contributed by atoms with E-state index in [1.54, 1.807) is 0 Å². The highest BCUT2D eigenvalue weighted by Crippen LogP contribution is 2.18. The van der Waals surface area contributed by atoms with Gasteiger partial charge in [-0.2, -0.15) is 0 Å². The number of hydrogen-bond acceptors (Lipinski definition) is 3. The van der Waals surface area contributed by atoms with Crippen molar-refractivity contribution in [3.63, 3.8) is 0 Å². The lowest BCUT2D eigenvalue weighted by molar-refractivity contribution is 0.199. The summed E-state index contributed by atoms with van der Waals surface area (Å²) in [6.07, 6.45) is 21.0. The Morgan fingerprint density at radius 3 is 1.88 bits per heavy atom. The third-order valence-corrected chi connectivity index (χ3v) is 7.23. The van der Waals surface area contributed by atoms with Gasteiger partial charge in [-0.3, -0.25) is 0 Å². The molecule has 1 unspecified atom stereocenters. The van der Waals surface area contributed by atoms with Gasteiger partial charge in [-0.25, -0.2) is 9.97 Å². The van der Waals surface area contributed by atoms with Crippen LogP contribution >= 0.6 is 0 Å². The molecule has 3 nitrogen and oxygen atoms in total. The molecular formula is C29H48N2OSi. The molecule has 0 saturated carbocycles. The summed E-state index contributed by atoms with van der Waals surface area (Å²) < 4.78 is 6.13. The van der Waals surface area contributed by atoms with Gasteiger partial charge in [-0.05, 0) is 69.8 Å². The molecule has 0 bridgehead atoms. The normalized spacial score (nSPS) is 12.8. The minimum absolute atomic E-state index is 0.369. The Kier molecular flexibility index (Phi) is 12.9. The molecule has 0 spiro atoms. The lowest BCUT2D eigenvalue weighted by Gasteiger charge is -2.23. The van der Waals surface area contributed by atoms with Crippen molar-refractivity contribution in [1.82, 2.24) is 9.97 Å². The van der Waals surface area contributed by atoms with E-state index in [1.807, 2.05) is 12.4 Å². The summed E-state index contributed by atoms with van der Waals surface area (Å²) in [7, 11) is -1.42. The molecular weight excluding hydrogens is 420 g/mol. The molecule has 0 saturated heterocycles. The largest absolute Gasteiger partial charge is 0.415 e. The maximum absolute atomic E-state index is 6.13. The molecule has 0 aliphatic carbocycles. The minimum atomic E-state index is -1.42. The summed E-state index contributed by atoms with van der Waals surface area (Å²) in [5, 5.41) is 0. The summed E-state index contributed by atoms with van der Waals surface area (Å²) in [6, 6.07) is 8.85. The second-order valence-electron chi connectivity index (χ2n) is 10.6. The third-order valence-electron chi connectivity index (χ3n) is 6.12. The van der Waals surface area contributed by atoms with Crippen molar-refractivity contribution in [1.29, 1.82) is 0 Å². The smallest absolute Gasteiger partial charge is 0.184 e. The maximum Gasteiger partial charge on any atom is 0.184 e. The summed E-state index contributed by atoms with van der Waals surface area (Å²) in [6.45, 7) is 11.3. The molecule has 184 valence electrons. The first-order valence-corrected chi connectivity index (χ1v) is 16.9. The van der Waals surface area contributed by atoms with E-state index in [9.17, 15) is 0 Å². The van der Waals surface area contributed by atoms with Crippen LogP contribution < -0.4 is 0 Å². The lowest BCUT2D eigenvalue weighted by Crippen LogP contribution is -2.30. The Morgan fingerprint density at radius 1 is 0.727 bits per heavy atom. The zero-order chi connectivity index (χ0) is 23.9. The second-order valence-corrected chi connectivity index (χ2v) is 15.1. The van der Waals surface area contributed by atoms with E-state index in [0.717, 1.165) is 30.7 Å². The van der Waals surface area contributed by atoms with Crippen molar-refractivity contribution >= 4 is 8.32 Å². The molecule has 0 amide bonds. The number of unbranched alkanes of at least 4 members (excludes halogenated alkanes) is 8. The zero-order valence-corrected chi connectivity index (χ0v) is 23.0. The first kappa shape index (κ1) is 27.7. The van der Waals surface area contributed by atoms with E-state index in [0.29, 0.717) is 6.10 Å². The van der Waals surface area contributed by atoms with Gasteiger partial charge < -0.3 is 4.43 Å². The van der Waals surface area contributed by atoms with Crippen LogP contribution in [-0.4, -0.2) is 24.4 Å². The first-order chi connectivity index (χ1) is 15.9. The van der Waals surface area contributed by atoms with Gasteiger partial charge in [-0.15, -0.1) is 0 Å². The van der Waals surface area contributed by atoms with Crippen LogP contribution in [0.4, 0.5) is 0 Å². The first-order valence-electron chi connectivity index (χ1n) is 13.5. The lowest BCUT2D eigenvalue weighted by atomic mass is 10.0. The second kappa shape index (κ2) is 15.4. The van der Waals surface area contributed by atoms with Gasteiger partial charge >= 0.3 is 0 Å². The van der Waals surface area contributed by atoms with Crippen LogP contribution in [0.15, 0.2) is 36.7 Å². The molecule has 0 N–H and O–H groups in total. The van der Waals surface area contributed by atoms with Crippen molar-refractivity contribution in [3.05, 3.63) is 47.8 Å².